The quantitative estimate of drug-likeness (QED) is 0.216. The van der Waals surface area contributed by atoms with Crippen LogP contribution in [-0.2, 0) is 0 Å². The number of alkyl halides is 1. The van der Waals surface area contributed by atoms with Gasteiger partial charge in [-0.1, -0.05) is 50.6 Å². The van der Waals surface area contributed by atoms with Crippen molar-refractivity contribution in [3.05, 3.63) is 35.1 Å². The summed E-state index contributed by atoms with van der Waals surface area (Å²) in [6.45, 7) is -0.187. The highest BCUT2D eigenvalue weighted by atomic mass is 28.3. The zero-order valence-corrected chi connectivity index (χ0v) is 16.6. The van der Waals surface area contributed by atoms with Crippen molar-refractivity contribution in [1.82, 2.24) is 0 Å². The van der Waals surface area contributed by atoms with Crippen molar-refractivity contribution in [2.75, 3.05) is 6.67 Å². The lowest BCUT2D eigenvalue weighted by Gasteiger charge is -2.37. The van der Waals surface area contributed by atoms with E-state index in [0.717, 1.165) is 30.7 Å². The zero-order valence-electron chi connectivity index (χ0n) is 15.5. The first-order valence-electron chi connectivity index (χ1n) is 10.3. The van der Waals surface area contributed by atoms with Crippen molar-refractivity contribution in [3.63, 3.8) is 0 Å². The summed E-state index contributed by atoms with van der Waals surface area (Å²) in [5, 5.41) is 0. The Morgan fingerprint density at radius 2 is 1.46 bits per heavy atom. The van der Waals surface area contributed by atoms with Gasteiger partial charge in [-0.15, -0.1) is 0 Å². The number of rotatable bonds is 6. The smallest absolute Gasteiger partial charge is 0.194 e. The third-order valence-corrected chi connectivity index (χ3v) is 11.0. The minimum Gasteiger partial charge on any atom is -0.251 e. The van der Waals surface area contributed by atoms with Crippen LogP contribution < -0.4 is 0 Å². The molecule has 0 bridgehead atoms. The monoisotopic (exact) mass is 386 g/mol. The largest absolute Gasteiger partial charge is 0.251 e. The van der Waals surface area contributed by atoms with Crippen molar-refractivity contribution >= 4 is 8.80 Å². The fourth-order valence-corrected chi connectivity index (χ4v) is 9.43. The van der Waals surface area contributed by atoms with Crippen LogP contribution >= 0.6 is 0 Å². The van der Waals surface area contributed by atoms with Crippen LogP contribution in [0.5, 0.6) is 0 Å². The predicted octanol–water partition coefficient (Wildman–Crippen LogP) is 6.91. The molecule has 1 aliphatic carbocycles. The standard InChI is InChI=1S/C21H30F4Si/c22-10-2-1-3-15-4-6-18(7-5-15)26-11-8-16(9-12-26)17-13-19(23)21(25)20(24)14-17/h13-16,18,26H,1-12H2. The molecule has 26 heavy (non-hydrogen) atoms. The van der Waals surface area contributed by atoms with E-state index in [2.05, 4.69) is 0 Å². The van der Waals surface area contributed by atoms with E-state index in [4.69, 9.17) is 0 Å². The second kappa shape index (κ2) is 9.38. The predicted molar refractivity (Wildman–Crippen MR) is 101 cm³/mol. The van der Waals surface area contributed by atoms with Crippen molar-refractivity contribution in [3.8, 4) is 0 Å². The molecule has 3 rings (SSSR count). The first-order chi connectivity index (χ1) is 12.6. The molecule has 0 amide bonds. The number of halogens is 4. The maximum Gasteiger partial charge on any atom is 0.194 e. The molecular formula is C21H30F4Si. The molecule has 1 aliphatic heterocycles. The summed E-state index contributed by atoms with van der Waals surface area (Å²) in [4.78, 5) is 0. The molecule has 1 saturated heterocycles. The van der Waals surface area contributed by atoms with Crippen LogP contribution in [0, 0.1) is 23.4 Å². The molecule has 0 atom stereocenters. The van der Waals surface area contributed by atoms with Gasteiger partial charge in [-0.05, 0) is 54.3 Å². The Morgan fingerprint density at radius 3 is 2.04 bits per heavy atom. The average Bonchev–Trinajstić information content (AvgIpc) is 2.67. The lowest BCUT2D eigenvalue weighted by molar-refractivity contribution is 0.318. The van der Waals surface area contributed by atoms with Crippen LogP contribution in [0.1, 0.15) is 69.3 Å². The summed E-state index contributed by atoms with van der Waals surface area (Å²) in [5.41, 5.74) is 1.54. The topological polar surface area (TPSA) is 0 Å². The lowest BCUT2D eigenvalue weighted by Crippen LogP contribution is -2.29. The number of unbranched alkanes of at least 4 members (excludes halogenated alkanes) is 1. The van der Waals surface area contributed by atoms with Crippen LogP contribution in [0.15, 0.2) is 12.1 Å². The van der Waals surface area contributed by atoms with Crippen LogP contribution in [0.3, 0.4) is 0 Å². The van der Waals surface area contributed by atoms with Gasteiger partial charge in [0.1, 0.15) is 0 Å². The van der Waals surface area contributed by atoms with Gasteiger partial charge in [-0.25, -0.2) is 13.2 Å². The minimum absolute atomic E-state index is 0.181. The molecule has 2 aliphatic rings. The normalized spacial score (nSPS) is 29.7. The highest BCUT2D eigenvalue weighted by Gasteiger charge is 2.32. The van der Waals surface area contributed by atoms with Crippen molar-refractivity contribution in [2.24, 2.45) is 5.92 Å². The Bertz CT molecular complexity index is 552. The molecule has 0 spiro atoms. The number of hydrogen-bond donors (Lipinski definition) is 0. The molecule has 0 nitrogen and oxygen atoms in total. The fraction of sp³-hybridized carbons (Fsp3) is 0.714. The van der Waals surface area contributed by atoms with E-state index >= 15 is 0 Å². The molecule has 1 aromatic carbocycles. The minimum atomic E-state index is -1.36. The van der Waals surface area contributed by atoms with E-state index in [0.29, 0.717) is 12.0 Å². The summed E-state index contributed by atoms with van der Waals surface area (Å²) >= 11 is 0. The highest BCUT2D eigenvalue weighted by molar-refractivity contribution is 6.60. The number of hydrogen-bond acceptors (Lipinski definition) is 0. The molecule has 0 N–H and O–H groups in total. The van der Waals surface area contributed by atoms with Gasteiger partial charge in [0.25, 0.3) is 0 Å². The summed E-state index contributed by atoms with van der Waals surface area (Å²) in [6.07, 6.45) is 10.2. The molecule has 0 unspecified atom stereocenters. The van der Waals surface area contributed by atoms with Crippen LogP contribution in [0.2, 0.25) is 17.6 Å². The van der Waals surface area contributed by atoms with E-state index in [1.165, 1.54) is 56.3 Å². The van der Waals surface area contributed by atoms with Crippen molar-refractivity contribution in [1.29, 1.82) is 0 Å². The second-order valence-electron chi connectivity index (χ2n) is 8.38. The maximum atomic E-state index is 13.5. The highest BCUT2D eigenvalue weighted by Crippen LogP contribution is 2.44. The summed E-state index contributed by atoms with van der Waals surface area (Å²) in [6, 6.07) is 4.85. The molecule has 146 valence electrons. The summed E-state index contributed by atoms with van der Waals surface area (Å²) < 4.78 is 52.3. The van der Waals surface area contributed by atoms with Gasteiger partial charge < -0.3 is 0 Å². The SMILES string of the molecule is FCCCCC1CCC([SiH]2CCC(c3cc(F)c(F)c(F)c3)CC2)CC1. The van der Waals surface area contributed by atoms with Gasteiger partial charge in [0.15, 0.2) is 17.5 Å². The van der Waals surface area contributed by atoms with Gasteiger partial charge in [0.2, 0.25) is 0 Å². The van der Waals surface area contributed by atoms with E-state index in [-0.39, 0.29) is 12.6 Å². The fourth-order valence-electron chi connectivity index (χ4n) is 5.21. The van der Waals surface area contributed by atoms with Crippen molar-refractivity contribution in [2.45, 2.75) is 81.3 Å². The maximum absolute atomic E-state index is 13.5. The molecule has 0 radical (unpaired) electrons. The van der Waals surface area contributed by atoms with Crippen molar-refractivity contribution < 1.29 is 17.6 Å². The van der Waals surface area contributed by atoms with Crippen LogP contribution in [-0.4, -0.2) is 15.5 Å². The summed E-state index contributed by atoms with van der Waals surface area (Å²) in [5.74, 6) is -2.51. The summed E-state index contributed by atoms with van der Waals surface area (Å²) in [7, 11) is -0.786. The average molecular weight is 387 g/mol. The Hall–Kier alpha value is -0.843. The Kier molecular flexibility index (Phi) is 7.18. The molecule has 1 aromatic rings. The van der Waals surface area contributed by atoms with Gasteiger partial charge in [-0.3, -0.25) is 4.39 Å². The van der Waals surface area contributed by atoms with Crippen LogP contribution in [0.4, 0.5) is 17.6 Å². The Morgan fingerprint density at radius 1 is 0.846 bits per heavy atom. The molecular weight excluding hydrogens is 356 g/mol. The van der Waals surface area contributed by atoms with Gasteiger partial charge in [0.05, 0.1) is 6.67 Å². The molecule has 2 fully saturated rings. The molecule has 0 aromatic heterocycles. The molecule has 1 saturated carbocycles. The Labute approximate surface area is 156 Å². The first-order valence-corrected chi connectivity index (χ1v) is 12.6. The zero-order chi connectivity index (χ0) is 18.5. The first kappa shape index (κ1) is 19.9. The lowest BCUT2D eigenvalue weighted by atomic mass is 9.85. The van der Waals surface area contributed by atoms with E-state index in [1.807, 2.05) is 0 Å². The van der Waals surface area contributed by atoms with E-state index in [1.54, 1.807) is 0 Å². The van der Waals surface area contributed by atoms with E-state index in [9.17, 15) is 17.6 Å². The number of benzene rings is 1. The van der Waals surface area contributed by atoms with Gasteiger partial charge >= 0.3 is 0 Å². The van der Waals surface area contributed by atoms with E-state index < -0.39 is 26.2 Å². The second-order valence-corrected chi connectivity index (χ2v) is 12.0. The van der Waals surface area contributed by atoms with Gasteiger partial charge in [0, 0.05) is 8.80 Å². The van der Waals surface area contributed by atoms with Crippen LogP contribution in [0.25, 0.3) is 0 Å². The molecule has 5 heteroatoms. The molecule has 1 heterocycles. The Balaban J connectivity index is 1.46. The third kappa shape index (κ3) is 4.90. The third-order valence-electron chi connectivity index (χ3n) is 6.80. The van der Waals surface area contributed by atoms with Gasteiger partial charge in [-0.2, -0.15) is 0 Å².